The normalized spacial score (nSPS) is 22.4. The number of rotatable bonds is 4. The largest absolute Gasteiger partial charge is 0.495 e. The van der Waals surface area contributed by atoms with Crippen molar-refractivity contribution in [3.05, 3.63) is 29.6 Å². The molecule has 1 N–H and O–H groups in total. The van der Waals surface area contributed by atoms with Gasteiger partial charge in [-0.05, 0) is 63.7 Å². The Morgan fingerprint density at radius 1 is 1.15 bits per heavy atom. The van der Waals surface area contributed by atoms with Crippen LogP contribution in [0.15, 0.2) is 18.2 Å². The Morgan fingerprint density at radius 2 is 1.77 bits per heavy atom. The average molecular weight is 361 g/mol. The summed E-state index contributed by atoms with van der Waals surface area (Å²) in [7, 11) is -0.673. The lowest BCUT2D eigenvalue weighted by Crippen LogP contribution is -2.41. The highest BCUT2D eigenvalue weighted by molar-refractivity contribution is 6.62. The van der Waals surface area contributed by atoms with Crippen molar-refractivity contribution in [1.29, 1.82) is 0 Å². The lowest BCUT2D eigenvalue weighted by molar-refractivity contribution is -0.121. The number of carbonyl (C=O) groups excluding carboxylic acids is 1. The van der Waals surface area contributed by atoms with Gasteiger partial charge in [0.15, 0.2) is 0 Å². The minimum Gasteiger partial charge on any atom is -0.399 e. The summed E-state index contributed by atoms with van der Waals surface area (Å²) in [4.78, 5) is 12.5. The van der Waals surface area contributed by atoms with Gasteiger partial charge in [-0.3, -0.25) is 4.79 Å². The summed E-state index contributed by atoms with van der Waals surface area (Å²) in [6.07, 6.45) is 5.87. The van der Waals surface area contributed by atoms with Gasteiger partial charge in [-0.25, -0.2) is 4.39 Å². The van der Waals surface area contributed by atoms with Crippen LogP contribution in [0.5, 0.6) is 0 Å². The molecule has 1 heterocycles. The molecule has 1 aromatic carbocycles. The predicted molar refractivity (Wildman–Crippen MR) is 101 cm³/mol. The Balaban J connectivity index is 1.75. The van der Waals surface area contributed by atoms with E-state index < -0.39 is 18.3 Å². The van der Waals surface area contributed by atoms with Crippen LogP contribution < -0.4 is 10.8 Å². The van der Waals surface area contributed by atoms with Crippen LogP contribution in [-0.2, 0) is 20.5 Å². The van der Waals surface area contributed by atoms with Crippen LogP contribution in [-0.4, -0.2) is 30.3 Å². The zero-order valence-corrected chi connectivity index (χ0v) is 16.2. The Kier molecular flexibility index (Phi) is 5.45. The maximum atomic E-state index is 13.9. The molecule has 142 valence electrons. The number of amides is 1. The maximum Gasteiger partial charge on any atom is 0.495 e. The van der Waals surface area contributed by atoms with Gasteiger partial charge in [0.1, 0.15) is 5.82 Å². The molecule has 6 heteroatoms. The molecule has 0 aromatic heterocycles. The fourth-order valence-corrected chi connectivity index (χ4v) is 3.61. The first kappa shape index (κ1) is 19.4. The molecular formula is C20H29BFNO3. The van der Waals surface area contributed by atoms with Gasteiger partial charge >= 0.3 is 7.12 Å². The van der Waals surface area contributed by atoms with Crippen molar-refractivity contribution < 1.29 is 18.5 Å². The van der Waals surface area contributed by atoms with Crippen molar-refractivity contribution in [3.63, 3.8) is 0 Å². The van der Waals surface area contributed by atoms with Crippen molar-refractivity contribution in [3.8, 4) is 0 Å². The van der Waals surface area contributed by atoms with Gasteiger partial charge in [0.25, 0.3) is 0 Å². The molecule has 1 saturated heterocycles. The van der Waals surface area contributed by atoms with Gasteiger partial charge in [-0.1, -0.05) is 25.3 Å². The number of hydrogen-bond donors (Lipinski definition) is 1. The van der Waals surface area contributed by atoms with E-state index in [0.717, 1.165) is 18.4 Å². The lowest BCUT2D eigenvalue weighted by atomic mass is 9.75. The van der Waals surface area contributed by atoms with Crippen LogP contribution >= 0.6 is 0 Å². The predicted octanol–water partition coefficient (Wildman–Crippen LogP) is 3.12. The lowest BCUT2D eigenvalue weighted by Gasteiger charge is -2.32. The summed E-state index contributed by atoms with van der Waals surface area (Å²) in [5, 5.41) is 3.12. The van der Waals surface area contributed by atoms with Crippen LogP contribution in [0.25, 0.3) is 0 Å². The highest BCUT2D eigenvalue weighted by Crippen LogP contribution is 2.36. The van der Waals surface area contributed by atoms with Crippen molar-refractivity contribution in [2.45, 2.75) is 83.5 Å². The molecule has 0 atom stereocenters. The molecule has 26 heavy (non-hydrogen) atoms. The van der Waals surface area contributed by atoms with Crippen molar-refractivity contribution in [1.82, 2.24) is 5.32 Å². The Hall–Kier alpha value is -1.40. The average Bonchev–Trinajstić information content (AvgIpc) is 2.78. The Morgan fingerprint density at radius 3 is 2.38 bits per heavy atom. The van der Waals surface area contributed by atoms with Crippen molar-refractivity contribution in [2.24, 2.45) is 0 Å². The molecule has 0 unspecified atom stereocenters. The van der Waals surface area contributed by atoms with Crippen LogP contribution in [0.2, 0.25) is 0 Å². The summed E-state index contributed by atoms with van der Waals surface area (Å²) in [6.45, 7) is 7.84. The molecule has 1 amide bonds. The van der Waals surface area contributed by atoms with Gasteiger partial charge in [0, 0.05) is 6.04 Å². The number of nitrogens with one attached hydrogen (secondary N) is 1. The molecule has 0 bridgehead atoms. The Labute approximate surface area is 156 Å². The smallest absolute Gasteiger partial charge is 0.399 e. The summed E-state index contributed by atoms with van der Waals surface area (Å²) in [5.74, 6) is -0.382. The zero-order chi connectivity index (χ0) is 18.9. The fraction of sp³-hybridized carbons (Fsp3) is 0.650. The first-order valence-corrected chi connectivity index (χ1v) is 9.61. The summed E-state index contributed by atoms with van der Waals surface area (Å²) in [6, 6.07) is 4.73. The Bertz CT molecular complexity index is 655. The van der Waals surface area contributed by atoms with E-state index in [-0.39, 0.29) is 24.2 Å². The third-order valence-electron chi connectivity index (χ3n) is 5.94. The van der Waals surface area contributed by atoms with E-state index in [2.05, 4.69) is 5.32 Å². The molecule has 2 fully saturated rings. The molecule has 2 aliphatic rings. The molecule has 0 spiro atoms. The number of carbonyl (C=O) groups is 1. The number of benzene rings is 1. The molecule has 3 rings (SSSR count). The van der Waals surface area contributed by atoms with Crippen LogP contribution in [0, 0.1) is 5.82 Å². The van der Waals surface area contributed by atoms with Crippen molar-refractivity contribution in [2.75, 3.05) is 0 Å². The second-order valence-electron chi connectivity index (χ2n) is 8.51. The summed E-state index contributed by atoms with van der Waals surface area (Å²) < 4.78 is 26.0. The summed E-state index contributed by atoms with van der Waals surface area (Å²) >= 11 is 0. The zero-order valence-electron chi connectivity index (χ0n) is 16.2. The van der Waals surface area contributed by atoms with E-state index in [1.165, 1.54) is 31.4 Å². The topological polar surface area (TPSA) is 47.6 Å². The molecule has 1 aliphatic carbocycles. The van der Waals surface area contributed by atoms with E-state index in [9.17, 15) is 9.18 Å². The molecule has 1 aliphatic heterocycles. The van der Waals surface area contributed by atoms with E-state index in [1.807, 2.05) is 27.7 Å². The monoisotopic (exact) mass is 361 g/mol. The minimum atomic E-state index is -0.673. The van der Waals surface area contributed by atoms with Crippen LogP contribution in [0.4, 0.5) is 4.39 Å². The summed E-state index contributed by atoms with van der Waals surface area (Å²) in [5.41, 5.74) is 0.331. The molecule has 1 aromatic rings. The number of halogens is 1. The minimum absolute atomic E-state index is 0.0266. The SMILES string of the molecule is CC1(C)OB(c2cc(F)ccc2CC(=O)NC2CCCCC2)OC1(C)C. The first-order chi connectivity index (χ1) is 12.2. The van der Waals surface area contributed by atoms with Gasteiger partial charge in [0.05, 0.1) is 17.6 Å². The highest BCUT2D eigenvalue weighted by atomic mass is 19.1. The number of hydrogen-bond acceptors (Lipinski definition) is 3. The third-order valence-corrected chi connectivity index (χ3v) is 5.94. The standard InChI is InChI=1S/C20H29BFNO3/c1-19(2)20(3,4)26-21(25-19)17-13-15(22)11-10-14(17)12-18(24)23-16-8-6-5-7-9-16/h10-11,13,16H,5-9,12H2,1-4H3,(H,23,24). The quantitative estimate of drug-likeness (QED) is 0.839. The molecule has 4 nitrogen and oxygen atoms in total. The molecule has 0 radical (unpaired) electrons. The van der Waals surface area contributed by atoms with E-state index in [4.69, 9.17) is 9.31 Å². The maximum absolute atomic E-state index is 13.9. The second-order valence-corrected chi connectivity index (χ2v) is 8.51. The first-order valence-electron chi connectivity index (χ1n) is 9.61. The van der Waals surface area contributed by atoms with E-state index in [1.54, 1.807) is 6.07 Å². The van der Waals surface area contributed by atoms with Gasteiger partial charge in [-0.2, -0.15) is 0 Å². The van der Waals surface area contributed by atoms with Crippen LogP contribution in [0.3, 0.4) is 0 Å². The fourth-order valence-electron chi connectivity index (χ4n) is 3.61. The third kappa shape index (κ3) is 4.12. The van der Waals surface area contributed by atoms with Gasteiger partial charge < -0.3 is 14.6 Å². The molecule has 1 saturated carbocycles. The molecular weight excluding hydrogens is 332 g/mol. The second kappa shape index (κ2) is 7.32. The van der Waals surface area contributed by atoms with Gasteiger partial charge in [0.2, 0.25) is 5.91 Å². The van der Waals surface area contributed by atoms with E-state index in [0.29, 0.717) is 5.46 Å². The van der Waals surface area contributed by atoms with Gasteiger partial charge in [-0.15, -0.1) is 0 Å². The van der Waals surface area contributed by atoms with Crippen molar-refractivity contribution >= 4 is 18.5 Å². The highest BCUT2D eigenvalue weighted by Gasteiger charge is 2.52. The van der Waals surface area contributed by atoms with Crippen LogP contribution in [0.1, 0.15) is 65.4 Å². The van der Waals surface area contributed by atoms with E-state index >= 15 is 0 Å².